The zero-order valence-electron chi connectivity index (χ0n) is 13.8. The first kappa shape index (κ1) is 19.3. The number of carbonyl (C=O) groups excluding carboxylic acids is 1. The summed E-state index contributed by atoms with van der Waals surface area (Å²) in [6, 6.07) is 8.70. The molecule has 1 N–H and O–H groups in total. The van der Waals surface area contributed by atoms with E-state index >= 15 is 0 Å². The van der Waals surface area contributed by atoms with Crippen LogP contribution in [0.4, 0.5) is 0 Å². The zero-order chi connectivity index (χ0) is 18.4. The maximum Gasteiger partial charge on any atom is 0.275 e. The predicted octanol–water partition coefficient (Wildman–Crippen LogP) is 4.00. The molecular weight excluding hydrogens is 456 g/mol. The fraction of sp³-hybridized carbons (Fsp3) is 0.176. The Kier molecular flexibility index (Phi) is 6.83. The molecule has 2 aromatic rings. The normalized spacial score (nSPS) is 10.6. The molecule has 0 saturated heterocycles. The number of nitrogens with one attached hydrogen (secondary N) is 1. The van der Waals surface area contributed by atoms with Crippen molar-refractivity contribution < 1.29 is 19.0 Å². The monoisotopic (exact) mass is 470 g/mol. The summed E-state index contributed by atoms with van der Waals surface area (Å²) in [7, 11) is 4.61. The third-order valence-corrected chi connectivity index (χ3v) is 4.60. The van der Waals surface area contributed by atoms with E-state index < -0.39 is 0 Å². The van der Waals surface area contributed by atoms with Gasteiger partial charge in [-0.3, -0.25) is 4.79 Å². The minimum Gasteiger partial charge on any atom is -0.496 e. The Labute approximate surface area is 162 Å². The molecule has 0 saturated carbocycles. The van der Waals surface area contributed by atoms with E-state index in [0.717, 1.165) is 10.0 Å². The molecule has 0 heterocycles. The van der Waals surface area contributed by atoms with Crippen LogP contribution in [0.3, 0.4) is 0 Å². The Morgan fingerprint density at radius 1 is 1.04 bits per heavy atom. The van der Waals surface area contributed by atoms with Crippen LogP contribution in [0.5, 0.6) is 17.2 Å². The fourth-order valence-electron chi connectivity index (χ4n) is 2.08. The molecule has 1 amide bonds. The fourth-order valence-corrected chi connectivity index (χ4v) is 3.04. The second-order valence-electron chi connectivity index (χ2n) is 4.75. The summed E-state index contributed by atoms with van der Waals surface area (Å²) in [4.78, 5) is 12.3. The van der Waals surface area contributed by atoms with E-state index in [4.69, 9.17) is 14.2 Å². The predicted molar refractivity (Wildman–Crippen MR) is 103 cm³/mol. The molecule has 2 aromatic carbocycles. The van der Waals surface area contributed by atoms with E-state index in [0.29, 0.717) is 27.3 Å². The average Bonchev–Trinajstić information content (AvgIpc) is 2.62. The summed E-state index contributed by atoms with van der Waals surface area (Å²) in [5.41, 5.74) is 3.58. The first-order valence-electron chi connectivity index (χ1n) is 7.09. The van der Waals surface area contributed by atoms with Gasteiger partial charge in [0.05, 0.1) is 37.6 Å². The van der Waals surface area contributed by atoms with E-state index in [9.17, 15) is 4.79 Å². The van der Waals surface area contributed by atoms with Gasteiger partial charge in [0.15, 0.2) is 11.5 Å². The molecule has 0 aromatic heterocycles. The van der Waals surface area contributed by atoms with Crippen LogP contribution in [0, 0.1) is 0 Å². The molecule has 0 aliphatic rings. The van der Waals surface area contributed by atoms with Crippen molar-refractivity contribution in [1.82, 2.24) is 5.43 Å². The van der Waals surface area contributed by atoms with Crippen molar-refractivity contribution in [3.05, 3.63) is 50.4 Å². The highest BCUT2D eigenvalue weighted by Gasteiger charge is 2.13. The number of nitrogens with zero attached hydrogens (tertiary/aromatic N) is 1. The molecule has 0 radical (unpaired) electrons. The van der Waals surface area contributed by atoms with Gasteiger partial charge in [0.1, 0.15) is 5.75 Å². The van der Waals surface area contributed by atoms with Crippen LogP contribution in [0.2, 0.25) is 0 Å². The molecular formula is C17H16Br2N2O4. The van der Waals surface area contributed by atoms with Gasteiger partial charge >= 0.3 is 0 Å². The number of halogens is 2. The number of hydrogen-bond acceptors (Lipinski definition) is 5. The molecule has 0 unspecified atom stereocenters. The van der Waals surface area contributed by atoms with Crippen molar-refractivity contribution >= 4 is 44.0 Å². The van der Waals surface area contributed by atoms with Gasteiger partial charge in [0.2, 0.25) is 0 Å². The molecule has 8 heteroatoms. The largest absolute Gasteiger partial charge is 0.496 e. The SMILES string of the molecule is COc1ccc(Br)cc1C(=O)N/N=C\c1ccc(OC)c(OC)c1Br. The lowest BCUT2D eigenvalue weighted by Gasteiger charge is -2.11. The summed E-state index contributed by atoms with van der Waals surface area (Å²) in [5.74, 6) is 1.22. The van der Waals surface area contributed by atoms with Crippen LogP contribution in [0.1, 0.15) is 15.9 Å². The minimum absolute atomic E-state index is 0.375. The number of amides is 1. The zero-order valence-corrected chi connectivity index (χ0v) is 17.0. The molecule has 0 fully saturated rings. The van der Waals surface area contributed by atoms with Gasteiger partial charge in [-0.15, -0.1) is 0 Å². The Balaban J connectivity index is 2.19. The number of hydrogen-bond donors (Lipinski definition) is 1. The Morgan fingerprint density at radius 3 is 2.36 bits per heavy atom. The summed E-state index contributed by atoms with van der Waals surface area (Å²) < 4.78 is 17.2. The second kappa shape index (κ2) is 8.87. The Hall–Kier alpha value is -2.06. The summed E-state index contributed by atoms with van der Waals surface area (Å²) in [5, 5.41) is 3.99. The van der Waals surface area contributed by atoms with E-state index in [-0.39, 0.29) is 5.91 Å². The first-order valence-corrected chi connectivity index (χ1v) is 8.67. The summed E-state index contributed by atoms with van der Waals surface area (Å²) in [6.07, 6.45) is 1.51. The van der Waals surface area contributed by atoms with Crippen LogP contribution >= 0.6 is 31.9 Å². The summed E-state index contributed by atoms with van der Waals surface area (Å²) >= 11 is 6.77. The molecule has 0 atom stereocenters. The molecule has 132 valence electrons. The molecule has 0 bridgehead atoms. The van der Waals surface area contributed by atoms with Gasteiger partial charge in [-0.25, -0.2) is 5.43 Å². The first-order chi connectivity index (χ1) is 12.0. The maximum absolute atomic E-state index is 12.3. The molecule has 0 aliphatic heterocycles. The lowest BCUT2D eigenvalue weighted by molar-refractivity contribution is 0.0952. The van der Waals surface area contributed by atoms with E-state index in [1.54, 1.807) is 44.6 Å². The molecule has 0 aliphatic carbocycles. The van der Waals surface area contributed by atoms with Crippen LogP contribution < -0.4 is 19.6 Å². The van der Waals surface area contributed by atoms with E-state index in [1.165, 1.54) is 13.3 Å². The number of methoxy groups -OCH3 is 3. The van der Waals surface area contributed by atoms with E-state index in [2.05, 4.69) is 42.4 Å². The van der Waals surface area contributed by atoms with Crippen LogP contribution in [-0.4, -0.2) is 33.5 Å². The Bertz CT molecular complexity index is 809. The van der Waals surface area contributed by atoms with Crippen molar-refractivity contribution in [2.24, 2.45) is 5.10 Å². The highest BCUT2D eigenvalue weighted by atomic mass is 79.9. The van der Waals surface area contributed by atoms with Crippen molar-refractivity contribution in [1.29, 1.82) is 0 Å². The van der Waals surface area contributed by atoms with Crippen molar-refractivity contribution in [2.45, 2.75) is 0 Å². The van der Waals surface area contributed by atoms with Gasteiger partial charge in [-0.1, -0.05) is 15.9 Å². The number of carbonyl (C=O) groups is 1. The lowest BCUT2D eigenvalue weighted by atomic mass is 10.2. The summed E-state index contributed by atoms with van der Waals surface area (Å²) in [6.45, 7) is 0. The van der Waals surface area contributed by atoms with Crippen molar-refractivity contribution in [3.63, 3.8) is 0 Å². The highest BCUT2D eigenvalue weighted by Crippen LogP contribution is 2.36. The third-order valence-electron chi connectivity index (χ3n) is 3.29. The number of benzene rings is 2. The molecule has 6 nitrogen and oxygen atoms in total. The smallest absolute Gasteiger partial charge is 0.275 e. The lowest BCUT2D eigenvalue weighted by Crippen LogP contribution is -2.18. The third kappa shape index (κ3) is 4.52. The topological polar surface area (TPSA) is 69.2 Å². The number of hydrazone groups is 1. The van der Waals surface area contributed by atoms with Gasteiger partial charge in [-0.2, -0.15) is 5.10 Å². The van der Waals surface area contributed by atoms with Crippen LogP contribution in [0.15, 0.2) is 44.4 Å². The number of ether oxygens (including phenoxy) is 3. The van der Waals surface area contributed by atoms with Gasteiger partial charge in [0, 0.05) is 10.0 Å². The minimum atomic E-state index is -0.383. The van der Waals surface area contributed by atoms with Gasteiger partial charge in [0.25, 0.3) is 5.91 Å². The van der Waals surface area contributed by atoms with E-state index in [1.807, 2.05) is 0 Å². The quantitative estimate of drug-likeness (QED) is 0.510. The van der Waals surface area contributed by atoms with Crippen molar-refractivity contribution in [2.75, 3.05) is 21.3 Å². The van der Waals surface area contributed by atoms with Crippen LogP contribution in [0.25, 0.3) is 0 Å². The molecule has 0 spiro atoms. The molecule has 25 heavy (non-hydrogen) atoms. The standard InChI is InChI=1S/C17H16Br2N2O4/c1-23-13-7-5-11(18)8-12(13)17(22)21-20-9-10-4-6-14(24-2)16(25-3)15(10)19/h4-9H,1-3H3,(H,21,22)/b20-9-. The van der Waals surface area contributed by atoms with Gasteiger partial charge in [-0.05, 0) is 46.3 Å². The second-order valence-corrected chi connectivity index (χ2v) is 6.46. The maximum atomic E-state index is 12.3. The van der Waals surface area contributed by atoms with Crippen molar-refractivity contribution in [3.8, 4) is 17.2 Å². The van der Waals surface area contributed by atoms with Gasteiger partial charge < -0.3 is 14.2 Å². The average molecular weight is 472 g/mol. The highest BCUT2D eigenvalue weighted by molar-refractivity contribution is 9.10. The van der Waals surface area contributed by atoms with Crippen LogP contribution in [-0.2, 0) is 0 Å². The Morgan fingerprint density at radius 2 is 1.72 bits per heavy atom. The molecule has 2 rings (SSSR count). The number of rotatable bonds is 6.